The van der Waals surface area contributed by atoms with E-state index < -0.39 is 5.60 Å². The number of hydrogen-bond acceptors (Lipinski definition) is 2. The minimum absolute atomic E-state index is 0.0534. The molecule has 0 aliphatic carbocycles. The zero-order valence-corrected chi connectivity index (χ0v) is 10.6. The van der Waals surface area contributed by atoms with Crippen molar-refractivity contribution < 1.29 is 5.11 Å². The largest absolute Gasteiger partial charge is 0.380 e. The van der Waals surface area contributed by atoms with Crippen LogP contribution in [0.4, 0.5) is 0 Å². The number of hydrogen-bond donors (Lipinski definition) is 2. The molecule has 0 aromatic heterocycles. The van der Waals surface area contributed by atoms with Crippen molar-refractivity contribution in [3.8, 4) is 0 Å². The second-order valence-corrected chi connectivity index (χ2v) is 4.64. The first-order valence-electron chi connectivity index (χ1n) is 6.23. The smallest absolute Gasteiger partial charge is 0.118 e. The monoisotopic (exact) mass is 241 g/mol. The molecule has 1 atom stereocenters. The molecule has 0 saturated carbocycles. The van der Waals surface area contributed by atoms with Gasteiger partial charge in [0.2, 0.25) is 0 Å². The van der Waals surface area contributed by atoms with E-state index in [9.17, 15) is 5.11 Å². The van der Waals surface area contributed by atoms with Gasteiger partial charge >= 0.3 is 0 Å². The van der Waals surface area contributed by atoms with Gasteiger partial charge in [0.25, 0.3) is 0 Å². The molecule has 0 spiro atoms. The molecule has 0 heterocycles. The zero-order valence-electron chi connectivity index (χ0n) is 10.6. The molecule has 0 aliphatic rings. The van der Waals surface area contributed by atoms with Crippen LogP contribution < -0.4 is 5.73 Å². The van der Waals surface area contributed by atoms with Crippen molar-refractivity contribution in [3.63, 3.8) is 0 Å². The lowest BCUT2D eigenvalue weighted by Gasteiger charge is -2.34. The van der Waals surface area contributed by atoms with E-state index in [1.807, 2.05) is 67.6 Å². The quantitative estimate of drug-likeness (QED) is 0.864. The topological polar surface area (TPSA) is 46.2 Å². The Hall–Kier alpha value is -1.64. The Balaban J connectivity index is 2.55. The average molecular weight is 241 g/mol. The highest BCUT2D eigenvalue weighted by Gasteiger charge is 2.36. The van der Waals surface area contributed by atoms with Crippen molar-refractivity contribution in [2.24, 2.45) is 11.7 Å². The number of rotatable bonds is 4. The molecular formula is C16H19NO. The Morgan fingerprint density at radius 2 is 1.33 bits per heavy atom. The fourth-order valence-corrected chi connectivity index (χ4v) is 2.29. The van der Waals surface area contributed by atoms with Gasteiger partial charge in [0.15, 0.2) is 0 Å². The van der Waals surface area contributed by atoms with E-state index in [-0.39, 0.29) is 5.92 Å². The molecule has 0 amide bonds. The molecule has 2 nitrogen and oxygen atoms in total. The van der Waals surface area contributed by atoms with Crippen LogP contribution in [0.25, 0.3) is 0 Å². The summed E-state index contributed by atoms with van der Waals surface area (Å²) < 4.78 is 0. The fraction of sp³-hybridized carbons (Fsp3) is 0.250. The third kappa shape index (κ3) is 2.17. The standard InChI is InChI=1S/C16H19NO/c1-13(12-17)16(18,14-8-4-2-5-9-14)15-10-6-3-7-11-15/h2-11,13,18H,12,17H2,1H3. The molecule has 2 rings (SSSR count). The molecule has 1 unspecified atom stereocenters. The summed E-state index contributed by atoms with van der Waals surface area (Å²) in [6.07, 6.45) is 0. The molecule has 2 heteroatoms. The first-order valence-corrected chi connectivity index (χ1v) is 6.23. The van der Waals surface area contributed by atoms with Gasteiger partial charge in [-0.25, -0.2) is 0 Å². The summed E-state index contributed by atoms with van der Waals surface area (Å²) in [7, 11) is 0. The molecule has 0 saturated heterocycles. The number of benzene rings is 2. The Kier molecular flexibility index (Phi) is 3.80. The van der Waals surface area contributed by atoms with Gasteiger partial charge in [-0.1, -0.05) is 67.6 Å². The summed E-state index contributed by atoms with van der Waals surface area (Å²) in [6.45, 7) is 2.40. The third-order valence-corrected chi connectivity index (χ3v) is 3.49. The van der Waals surface area contributed by atoms with E-state index in [1.54, 1.807) is 0 Å². The van der Waals surface area contributed by atoms with Crippen molar-refractivity contribution in [1.82, 2.24) is 0 Å². The SMILES string of the molecule is CC(CN)C(O)(c1ccccc1)c1ccccc1. The van der Waals surface area contributed by atoms with Gasteiger partial charge in [0.1, 0.15) is 5.60 Å². The molecule has 0 radical (unpaired) electrons. The zero-order chi connectivity index (χ0) is 13.0. The molecule has 2 aromatic carbocycles. The highest BCUT2D eigenvalue weighted by molar-refractivity contribution is 5.36. The minimum Gasteiger partial charge on any atom is -0.380 e. The van der Waals surface area contributed by atoms with Gasteiger partial charge in [-0.05, 0) is 17.7 Å². The van der Waals surface area contributed by atoms with Crippen LogP contribution in [-0.2, 0) is 5.60 Å². The Bertz CT molecular complexity index is 441. The third-order valence-electron chi connectivity index (χ3n) is 3.49. The summed E-state index contributed by atoms with van der Waals surface area (Å²) in [4.78, 5) is 0. The van der Waals surface area contributed by atoms with E-state index in [1.165, 1.54) is 0 Å². The van der Waals surface area contributed by atoms with Crippen LogP contribution in [0.3, 0.4) is 0 Å². The summed E-state index contributed by atoms with van der Waals surface area (Å²) >= 11 is 0. The highest BCUT2D eigenvalue weighted by atomic mass is 16.3. The van der Waals surface area contributed by atoms with Crippen LogP contribution >= 0.6 is 0 Å². The molecular weight excluding hydrogens is 222 g/mol. The van der Waals surface area contributed by atoms with Crippen molar-refractivity contribution >= 4 is 0 Å². The first-order chi connectivity index (χ1) is 8.69. The normalized spacial score (nSPS) is 13.3. The van der Waals surface area contributed by atoms with E-state index in [0.29, 0.717) is 6.54 Å². The maximum atomic E-state index is 11.1. The van der Waals surface area contributed by atoms with Gasteiger partial charge in [0.05, 0.1) is 0 Å². The van der Waals surface area contributed by atoms with Crippen LogP contribution in [0.1, 0.15) is 18.1 Å². The Morgan fingerprint density at radius 1 is 0.944 bits per heavy atom. The predicted octanol–water partition coefficient (Wildman–Crippen LogP) is 2.52. The molecule has 0 aliphatic heterocycles. The van der Waals surface area contributed by atoms with Crippen LogP contribution in [0, 0.1) is 5.92 Å². The summed E-state index contributed by atoms with van der Waals surface area (Å²) in [5, 5.41) is 11.1. The summed E-state index contributed by atoms with van der Waals surface area (Å²) in [5.41, 5.74) is 6.51. The van der Waals surface area contributed by atoms with Crippen molar-refractivity contribution in [2.45, 2.75) is 12.5 Å². The Labute approximate surface area is 108 Å². The molecule has 0 bridgehead atoms. The van der Waals surface area contributed by atoms with Gasteiger partial charge in [-0.3, -0.25) is 0 Å². The lowest BCUT2D eigenvalue weighted by atomic mass is 9.77. The molecule has 18 heavy (non-hydrogen) atoms. The van der Waals surface area contributed by atoms with Crippen molar-refractivity contribution in [3.05, 3.63) is 71.8 Å². The maximum Gasteiger partial charge on any atom is 0.118 e. The lowest BCUT2D eigenvalue weighted by molar-refractivity contribution is 0.0277. The van der Waals surface area contributed by atoms with E-state index >= 15 is 0 Å². The predicted molar refractivity (Wildman–Crippen MR) is 74.1 cm³/mol. The number of nitrogens with two attached hydrogens (primary N) is 1. The first kappa shape index (κ1) is 12.8. The van der Waals surface area contributed by atoms with Crippen molar-refractivity contribution in [1.29, 1.82) is 0 Å². The lowest BCUT2D eigenvalue weighted by Crippen LogP contribution is -2.38. The van der Waals surface area contributed by atoms with Gasteiger partial charge in [-0.2, -0.15) is 0 Å². The fourth-order valence-electron chi connectivity index (χ4n) is 2.29. The highest BCUT2D eigenvalue weighted by Crippen LogP contribution is 2.36. The van der Waals surface area contributed by atoms with Crippen LogP contribution in [0.5, 0.6) is 0 Å². The maximum absolute atomic E-state index is 11.1. The summed E-state index contributed by atoms with van der Waals surface area (Å²) in [6, 6.07) is 19.4. The average Bonchev–Trinajstić information content (AvgIpc) is 2.47. The van der Waals surface area contributed by atoms with Gasteiger partial charge < -0.3 is 10.8 Å². The molecule has 3 N–H and O–H groups in total. The summed E-state index contributed by atoms with van der Waals surface area (Å²) in [5.74, 6) is -0.0534. The van der Waals surface area contributed by atoms with Gasteiger partial charge in [0, 0.05) is 5.92 Å². The van der Waals surface area contributed by atoms with E-state index in [4.69, 9.17) is 5.73 Å². The second-order valence-electron chi connectivity index (χ2n) is 4.64. The van der Waals surface area contributed by atoms with E-state index in [2.05, 4.69) is 0 Å². The molecule has 2 aromatic rings. The van der Waals surface area contributed by atoms with Crippen molar-refractivity contribution in [2.75, 3.05) is 6.54 Å². The molecule has 94 valence electrons. The Morgan fingerprint density at radius 3 is 1.67 bits per heavy atom. The van der Waals surface area contributed by atoms with E-state index in [0.717, 1.165) is 11.1 Å². The van der Waals surface area contributed by atoms with Crippen LogP contribution in [0.2, 0.25) is 0 Å². The second kappa shape index (κ2) is 5.34. The minimum atomic E-state index is -1.03. The molecule has 0 fully saturated rings. The van der Waals surface area contributed by atoms with Gasteiger partial charge in [-0.15, -0.1) is 0 Å². The van der Waals surface area contributed by atoms with Crippen LogP contribution in [0.15, 0.2) is 60.7 Å². The van der Waals surface area contributed by atoms with Crippen LogP contribution in [-0.4, -0.2) is 11.7 Å². The number of aliphatic hydroxyl groups is 1.